The van der Waals surface area contributed by atoms with Gasteiger partial charge in [0.1, 0.15) is 5.76 Å². The van der Waals surface area contributed by atoms with E-state index in [2.05, 4.69) is 4.98 Å². The zero-order valence-corrected chi connectivity index (χ0v) is 15.0. The standard InChI is InChI=1S/C17H19ClN2O3S/c1-12-15(10-24-11-16(21)20-6-8-22-9-7-20)19-17(23-12)13-2-4-14(18)5-3-13/h2-5H,6-11H2,1H3. The molecule has 2 heterocycles. The third-order valence-electron chi connectivity index (χ3n) is 3.81. The highest BCUT2D eigenvalue weighted by Gasteiger charge is 2.17. The number of hydrogen-bond acceptors (Lipinski definition) is 5. The minimum Gasteiger partial charge on any atom is -0.441 e. The molecule has 1 fully saturated rings. The number of halogens is 1. The Bertz CT molecular complexity index is 696. The molecule has 0 N–H and O–H groups in total. The van der Waals surface area contributed by atoms with Crippen LogP contribution in [0, 0.1) is 6.92 Å². The molecule has 2 aromatic rings. The van der Waals surface area contributed by atoms with Crippen LogP contribution < -0.4 is 0 Å². The van der Waals surface area contributed by atoms with E-state index in [1.54, 1.807) is 11.8 Å². The van der Waals surface area contributed by atoms with Crippen LogP contribution in [0.25, 0.3) is 11.5 Å². The Labute approximate surface area is 150 Å². The van der Waals surface area contributed by atoms with Crippen LogP contribution in [0.5, 0.6) is 0 Å². The lowest BCUT2D eigenvalue weighted by Gasteiger charge is -2.26. The quantitative estimate of drug-likeness (QED) is 0.811. The molecular weight excluding hydrogens is 348 g/mol. The molecular formula is C17H19ClN2O3S. The van der Waals surface area contributed by atoms with Crippen LogP contribution in [0.4, 0.5) is 0 Å². The summed E-state index contributed by atoms with van der Waals surface area (Å²) in [5, 5.41) is 0.680. The Morgan fingerprint density at radius 3 is 2.71 bits per heavy atom. The summed E-state index contributed by atoms with van der Waals surface area (Å²) in [6, 6.07) is 7.39. The van der Waals surface area contributed by atoms with Crippen LogP contribution in [0.1, 0.15) is 11.5 Å². The molecule has 5 nitrogen and oxygen atoms in total. The second kappa shape index (κ2) is 8.05. The number of thioether (sulfide) groups is 1. The van der Waals surface area contributed by atoms with Crippen molar-refractivity contribution in [3.8, 4) is 11.5 Å². The molecule has 1 amide bonds. The van der Waals surface area contributed by atoms with Crippen LogP contribution in [0.2, 0.25) is 5.02 Å². The molecule has 24 heavy (non-hydrogen) atoms. The van der Waals surface area contributed by atoms with Gasteiger partial charge in [0.2, 0.25) is 11.8 Å². The molecule has 1 aromatic carbocycles. The number of hydrogen-bond donors (Lipinski definition) is 0. The Morgan fingerprint density at radius 1 is 1.29 bits per heavy atom. The van der Waals surface area contributed by atoms with Crippen molar-refractivity contribution in [1.82, 2.24) is 9.88 Å². The van der Waals surface area contributed by atoms with Crippen molar-refractivity contribution >= 4 is 29.3 Å². The summed E-state index contributed by atoms with van der Waals surface area (Å²) in [7, 11) is 0. The van der Waals surface area contributed by atoms with Crippen molar-refractivity contribution in [1.29, 1.82) is 0 Å². The van der Waals surface area contributed by atoms with Crippen LogP contribution in [-0.4, -0.2) is 47.8 Å². The van der Waals surface area contributed by atoms with Crippen LogP contribution in [-0.2, 0) is 15.3 Å². The monoisotopic (exact) mass is 366 g/mol. The average molecular weight is 367 g/mol. The maximum atomic E-state index is 12.1. The molecule has 0 atom stereocenters. The smallest absolute Gasteiger partial charge is 0.232 e. The number of carbonyl (C=O) groups is 1. The molecule has 128 valence electrons. The Kier molecular flexibility index (Phi) is 5.81. The van der Waals surface area contributed by atoms with Crippen LogP contribution >= 0.6 is 23.4 Å². The lowest BCUT2D eigenvalue weighted by atomic mass is 10.2. The van der Waals surface area contributed by atoms with Gasteiger partial charge in [-0.1, -0.05) is 11.6 Å². The number of aromatic nitrogens is 1. The third-order valence-corrected chi connectivity index (χ3v) is 4.99. The number of oxazole rings is 1. The van der Waals surface area contributed by atoms with E-state index in [1.165, 1.54) is 0 Å². The summed E-state index contributed by atoms with van der Waals surface area (Å²) in [4.78, 5) is 18.5. The van der Waals surface area contributed by atoms with Crippen molar-refractivity contribution in [3.05, 3.63) is 40.7 Å². The van der Waals surface area contributed by atoms with Gasteiger partial charge in [-0.3, -0.25) is 4.79 Å². The Hall–Kier alpha value is -1.50. The molecule has 0 spiro atoms. The summed E-state index contributed by atoms with van der Waals surface area (Å²) >= 11 is 7.46. The molecule has 0 unspecified atom stereocenters. The highest BCUT2D eigenvalue weighted by atomic mass is 35.5. The van der Waals surface area contributed by atoms with E-state index in [9.17, 15) is 4.79 Å². The van der Waals surface area contributed by atoms with Crippen molar-refractivity contribution in [2.45, 2.75) is 12.7 Å². The molecule has 1 aliphatic heterocycles. The predicted molar refractivity (Wildman–Crippen MR) is 95.2 cm³/mol. The second-order valence-corrected chi connectivity index (χ2v) is 6.94. The molecule has 1 saturated heterocycles. The Morgan fingerprint density at radius 2 is 2.00 bits per heavy atom. The van der Waals surface area contributed by atoms with Crippen molar-refractivity contribution in [3.63, 3.8) is 0 Å². The number of carbonyl (C=O) groups excluding carboxylic acids is 1. The zero-order chi connectivity index (χ0) is 16.9. The van der Waals surface area contributed by atoms with Gasteiger partial charge in [-0.25, -0.2) is 4.98 Å². The highest BCUT2D eigenvalue weighted by molar-refractivity contribution is 7.99. The van der Waals surface area contributed by atoms with Gasteiger partial charge in [0.15, 0.2) is 0 Å². The number of benzene rings is 1. The minimum absolute atomic E-state index is 0.155. The van der Waals surface area contributed by atoms with Crippen LogP contribution in [0.15, 0.2) is 28.7 Å². The summed E-state index contributed by atoms with van der Waals surface area (Å²) < 4.78 is 11.0. The molecule has 0 bridgehead atoms. The number of morpholine rings is 1. The van der Waals surface area contributed by atoms with E-state index in [0.717, 1.165) is 17.0 Å². The maximum absolute atomic E-state index is 12.1. The van der Waals surface area contributed by atoms with Crippen molar-refractivity contribution in [2.24, 2.45) is 0 Å². The van der Waals surface area contributed by atoms with Crippen LogP contribution in [0.3, 0.4) is 0 Å². The van der Waals surface area contributed by atoms with E-state index in [-0.39, 0.29) is 5.91 Å². The van der Waals surface area contributed by atoms with E-state index in [1.807, 2.05) is 36.1 Å². The van der Waals surface area contributed by atoms with Crippen molar-refractivity contribution < 1.29 is 13.9 Å². The lowest BCUT2D eigenvalue weighted by molar-refractivity contribution is -0.132. The molecule has 0 saturated carbocycles. The largest absolute Gasteiger partial charge is 0.441 e. The number of amides is 1. The first-order chi connectivity index (χ1) is 11.6. The lowest BCUT2D eigenvalue weighted by Crippen LogP contribution is -2.41. The summed E-state index contributed by atoms with van der Waals surface area (Å²) in [5.41, 5.74) is 1.77. The van der Waals surface area contributed by atoms with E-state index in [0.29, 0.717) is 48.7 Å². The van der Waals surface area contributed by atoms with Gasteiger partial charge in [-0.2, -0.15) is 0 Å². The summed E-state index contributed by atoms with van der Waals surface area (Å²) in [6.07, 6.45) is 0. The Balaban J connectivity index is 1.55. The highest BCUT2D eigenvalue weighted by Crippen LogP contribution is 2.25. The third kappa shape index (κ3) is 4.32. The fraction of sp³-hybridized carbons (Fsp3) is 0.412. The molecule has 1 aromatic heterocycles. The van der Waals surface area contributed by atoms with E-state index >= 15 is 0 Å². The van der Waals surface area contributed by atoms with Gasteiger partial charge < -0.3 is 14.1 Å². The first-order valence-electron chi connectivity index (χ1n) is 7.79. The fourth-order valence-corrected chi connectivity index (χ4v) is 3.46. The number of nitrogens with zero attached hydrogens (tertiary/aromatic N) is 2. The zero-order valence-electron chi connectivity index (χ0n) is 13.5. The number of ether oxygens (including phenoxy) is 1. The van der Waals surface area contributed by atoms with Gasteiger partial charge in [-0.15, -0.1) is 11.8 Å². The first-order valence-corrected chi connectivity index (χ1v) is 9.32. The van der Waals surface area contributed by atoms with Crippen molar-refractivity contribution in [2.75, 3.05) is 32.1 Å². The number of rotatable bonds is 5. The summed E-state index contributed by atoms with van der Waals surface area (Å²) in [6.45, 7) is 4.52. The van der Waals surface area contributed by atoms with E-state index in [4.69, 9.17) is 20.8 Å². The second-order valence-electron chi connectivity index (χ2n) is 5.51. The summed E-state index contributed by atoms with van der Waals surface area (Å²) in [5.74, 6) is 2.62. The predicted octanol–water partition coefficient (Wildman–Crippen LogP) is 3.40. The van der Waals surface area contributed by atoms with Gasteiger partial charge >= 0.3 is 0 Å². The van der Waals surface area contributed by atoms with E-state index < -0.39 is 0 Å². The number of aryl methyl sites for hydroxylation is 1. The topological polar surface area (TPSA) is 55.6 Å². The van der Waals surface area contributed by atoms with Gasteiger partial charge in [0, 0.05) is 29.4 Å². The van der Waals surface area contributed by atoms with Gasteiger partial charge in [-0.05, 0) is 31.2 Å². The molecule has 3 rings (SSSR count). The van der Waals surface area contributed by atoms with Gasteiger partial charge in [0.05, 0.1) is 24.7 Å². The fourth-order valence-electron chi connectivity index (χ4n) is 2.42. The molecule has 1 aliphatic rings. The van der Waals surface area contributed by atoms with Gasteiger partial charge in [0.25, 0.3) is 0 Å². The molecule has 0 radical (unpaired) electrons. The average Bonchev–Trinajstić information content (AvgIpc) is 2.97. The molecule has 7 heteroatoms. The normalized spacial score (nSPS) is 14.8. The SMILES string of the molecule is Cc1oc(-c2ccc(Cl)cc2)nc1CSCC(=O)N1CCOCC1. The maximum Gasteiger partial charge on any atom is 0.232 e. The minimum atomic E-state index is 0.155. The first kappa shape index (κ1) is 17.3. The molecule has 0 aliphatic carbocycles.